The van der Waals surface area contributed by atoms with Gasteiger partial charge >= 0.3 is 0 Å². The molecule has 1 heterocycles. The molecular formula is C21H23N3O5. The molecular weight excluding hydrogens is 374 g/mol. The lowest BCUT2D eigenvalue weighted by Crippen LogP contribution is -2.48. The van der Waals surface area contributed by atoms with Crippen molar-refractivity contribution in [2.24, 2.45) is 0 Å². The van der Waals surface area contributed by atoms with E-state index in [2.05, 4.69) is 5.32 Å². The van der Waals surface area contributed by atoms with E-state index in [-0.39, 0.29) is 29.4 Å². The van der Waals surface area contributed by atoms with Crippen LogP contribution in [0.25, 0.3) is 0 Å². The third kappa shape index (κ3) is 4.60. The van der Waals surface area contributed by atoms with Gasteiger partial charge in [0.05, 0.1) is 28.4 Å². The van der Waals surface area contributed by atoms with Gasteiger partial charge in [-0.3, -0.25) is 19.7 Å². The van der Waals surface area contributed by atoms with E-state index in [4.69, 9.17) is 4.74 Å². The topological polar surface area (TPSA) is 102 Å². The number of para-hydroxylation sites is 1. The summed E-state index contributed by atoms with van der Waals surface area (Å²) in [5.41, 5.74) is 1.41. The average Bonchev–Trinajstić information content (AvgIpc) is 2.66. The predicted octanol–water partition coefficient (Wildman–Crippen LogP) is 3.40. The minimum Gasteiger partial charge on any atom is -0.372 e. The number of carbonyl (C=O) groups excluding carboxylic acids is 2. The Hall–Kier alpha value is -3.26. The molecule has 2 aromatic carbocycles. The van der Waals surface area contributed by atoms with Crippen LogP contribution in [-0.2, 0) is 4.74 Å². The van der Waals surface area contributed by atoms with E-state index < -0.39 is 10.8 Å². The maximum Gasteiger partial charge on any atom is 0.272 e. The van der Waals surface area contributed by atoms with Gasteiger partial charge in [-0.25, -0.2) is 0 Å². The Kier molecular flexibility index (Phi) is 5.93. The van der Waals surface area contributed by atoms with Crippen molar-refractivity contribution >= 4 is 23.2 Å². The summed E-state index contributed by atoms with van der Waals surface area (Å²) in [6.07, 6.45) is -0.125. The number of hydrogen-bond acceptors (Lipinski definition) is 5. The molecule has 0 radical (unpaired) electrons. The van der Waals surface area contributed by atoms with E-state index >= 15 is 0 Å². The zero-order chi connectivity index (χ0) is 21.1. The van der Waals surface area contributed by atoms with Gasteiger partial charge in [0, 0.05) is 30.3 Å². The summed E-state index contributed by atoms with van der Waals surface area (Å²) < 4.78 is 5.68. The molecule has 1 aliphatic heterocycles. The molecule has 0 aromatic heterocycles. The van der Waals surface area contributed by atoms with Crippen LogP contribution in [0.1, 0.15) is 40.1 Å². The Morgan fingerprint density at radius 3 is 2.41 bits per heavy atom. The van der Waals surface area contributed by atoms with Gasteiger partial charge in [-0.1, -0.05) is 12.1 Å². The first-order valence-corrected chi connectivity index (χ1v) is 9.36. The van der Waals surface area contributed by atoms with Crippen molar-refractivity contribution in [3.63, 3.8) is 0 Å². The van der Waals surface area contributed by atoms with Crippen molar-refractivity contribution in [3.8, 4) is 0 Å². The Labute approximate surface area is 168 Å². The van der Waals surface area contributed by atoms with Gasteiger partial charge in [0.25, 0.3) is 17.5 Å². The van der Waals surface area contributed by atoms with Crippen LogP contribution in [0.15, 0.2) is 42.5 Å². The summed E-state index contributed by atoms with van der Waals surface area (Å²) in [5, 5.41) is 13.7. The summed E-state index contributed by atoms with van der Waals surface area (Å²) >= 11 is 0. The van der Waals surface area contributed by atoms with Gasteiger partial charge in [-0.15, -0.1) is 0 Å². The predicted molar refractivity (Wildman–Crippen MR) is 108 cm³/mol. The maximum absolute atomic E-state index is 13.0. The van der Waals surface area contributed by atoms with Crippen LogP contribution in [0, 0.1) is 17.0 Å². The van der Waals surface area contributed by atoms with Crippen LogP contribution in [-0.4, -0.2) is 46.9 Å². The standard InChI is InChI=1S/C21H23N3O5/c1-13-10-16(8-9-19(13)24(27)28)20(25)22-18-7-5-4-6-17(18)21(26)23-11-14(2)29-15(3)12-23/h4-10,14-15H,11-12H2,1-3H3,(H,22,25)/t14-,15-/m1/s1. The fourth-order valence-electron chi connectivity index (χ4n) is 3.49. The summed E-state index contributed by atoms with van der Waals surface area (Å²) in [5.74, 6) is -0.616. The number of nitrogens with one attached hydrogen (secondary N) is 1. The number of nitro groups is 1. The van der Waals surface area contributed by atoms with Gasteiger partial charge in [0.1, 0.15) is 0 Å². The molecule has 0 spiro atoms. The van der Waals surface area contributed by atoms with Gasteiger partial charge in [0.15, 0.2) is 0 Å². The molecule has 2 aromatic rings. The molecule has 1 fully saturated rings. The van der Waals surface area contributed by atoms with Crippen molar-refractivity contribution in [2.75, 3.05) is 18.4 Å². The minimum atomic E-state index is -0.491. The highest BCUT2D eigenvalue weighted by atomic mass is 16.6. The fraction of sp³-hybridized carbons (Fsp3) is 0.333. The molecule has 0 bridgehead atoms. The number of nitrogens with zero attached hydrogens (tertiary/aromatic N) is 2. The van der Waals surface area contributed by atoms with E-state index in [1.807, 2.05) is 13.8 Å². The van der Waals surface area contributed by atoms with E-state index in [1.165, 1.54) is 18.2 Å². The van der Waals surface area contributed by atoms with Gasteiger partial charge in [0.2, 0.25) is 0 Å². The zero-order valence-corrected chi connectivity index (χ0v) is 16.5. The van der Waals surface area contributed by atoms with Crippen LogP contribution in [0.4, 0.5) is 11.4 Å². The van der Waals surface area contributed by atoms with Gasteiger partial charge < -0.3 is 15.0 Å². The summed E-state index contributed by atoms with van der Waals surface area (Å²) in [4.78, 5) is 37.9. The number of carbonyl (C=O) groups is 2. The molecule has 8 nitrogen and oxygen atoms in total. The summed E-state index contributed by atoms with van der Waals surface area (Å²) in [7, 11) is 0. The highest BCUT2D eigenvalue weighted by molar-refractivity contribution is 6.09. The highest BCUT2D eigenvalue weighted by Gasteiger charge is 2.28. The lowest BCUT2D eigenvalue weighted by Gasteiger charge is -2.35. The van der Waals surface area contributed by atoms with Crippen molar-refractivity contribution in [1.29, 1.82) is 0 Å². The Balaban J connectivity index is 1.82. The van der Waals surface area contributed by atoms with Crippen LogP contribution < -0.4 is 5.32 Å². The largest absolute Gasteiger partial charge is 0.372 e. The van der Waals surface area contributed by atoms with Crippen molar-refractivity contribution < 1.29 is 19.2 Å². The fourth-order valence-corrected chi connectivity index (χ4v) is 3.49. The second-order valence-electron chi connectivity index (χ2n) is 7.23. The van der Waals surface area contributed by atoms with E-state index in [0.29, 0.717) is 29.9 Å². The second-order valence-corrected chi connectivity index (χ2v) is 7.23. The monoisotopic (exact) mass is 397 g/mol. The lowest BCUT2D eigenvalue weighted by molar-refractivity contribution is -0.385. The maximum atomic E-state index is 13.0. The smallest absolute Gasteiger partial charge is 0.272 e. The minimum absolute atomic E-state index is 0.0484. The molecule has 2 amide bonds. The Bertz CT molecular complexity index is 949. The number of aryl methyl sites for hydroxylation is 1. The van der Waals surface area contributed by atoms with Crippen LogP contribution in [0.2, 0.25) is 0 Å². The second kappa shape index (κ2) is 8.40. The van der Waals surface area contributed by atoms with E-state index in [1.54, 1.807) is 36.1 Å². The van der Waals surface area contributed by atoms with Crippen molar-refractivity contribution in [3.05, 3.63) is 69.3 Å². The van der Waals surface area contributed by atoms with E-state index in [0.717, 1.165) is 0 Å². The van der Waals surface area contributed by atoms with Crippen molar-refractivity contribution in [1.82, 2.24) is 4.90 Å². The molecule has 152 valence electrons. The molecule has 3 rings (SSSR count). The molecule has 1 N–H and O–H groups in total. The highest BCUT2D eigenvalue weighted by Crippen LogP contribution is 2.23. The summed E-state index contributed by atoms with van der Waals surface area (Å²) in [6.45, 7) is 6.37. The average molecular weight is 397 g/mol. The van der Waals surface area contributed by atoms with Gasteiger partial charge in [-0.2, -0.15) is 0 Å². The number of benzene rings is 2. The van der Waals surface area contributed by atoms with Crippen molar-refractivity contribution in [2.45, 2.75) is 33.0 Å². The third-order valence-electron chi connectivity index (χ3n) is 4.77. The quantitative estimate of drug-likeness (QED) is 0.629. The molecule has 1 aliphatic rings. The molecule has 8 heteroatoms. The first-order valence-electron chi connectivity index (χ1n) is 9.36. The Morgan fingerprint density at radius 1 is 1.14 bits per heavy atom. The molecule has 0 unspecified atom stereocenters. The first-order chi connectivity index (χ1) is 13.8. The number of ether oxygens (including phenoxy) is 1. The lowest BCUT2D eigenvalue weighted by atomic mass is 10.1. The normalized spacial score (nSPS) is 18.9. The number of amides is 2. The first kappa shape index (κ1) is 20.5. The third-order valence-corrected chi connectivity index (χ3v) is 4.77. The molecule has 29 heavy (non-hydrogen) atoms. The molecule has 2 atom stereocenters. The zero-order valence-electron chi connectivity index (χ0n) is 16.5. The SMILES string of the molecule is Cc1cc(C(=O)Nc2ccccc2C(=O)N2C[C@@H](C)O[C@H](C)C2)ccc1[N+](=O)[O-]. The van der Waals surface area contributed by atoms with Gasteiger partial charge in [-0.05, 0) is 45.0 Å². The van der Waals surface area contributed by atoms with Crippen LogP contribution in [0.3, 0.4) is 0 Å². The number of rotatable bonds is 4. The summed E-state index contributed by atoms with van der Waals surface area (Å²) in [6, 6.07) is 11.0. The molecule has 0 aliphatic carbocycles. The number of anilines is 1. The molecule has 0 saturated carbocycles. The number of nitro benzene ring substituents is 1. The van der Waals surface area contributed by atoms with Crippen LogP contribution >= 0.6 is 0 Å². The van der Waals surface area contributed by atoms with E-state index in [9.17, 15) is 19.7 Å². The Morgan fingerprint density at radius 2 is 1.79 bits per heavy atom. The molecule has 1 saturated heterocycles. The number of morpholine rings is 1. The van der Waals surface area contributed by atoms with Crippen LogP contribution in [0.5, 0.6) is 0 Å². The number of hydrogen-bond donors (Lipinski definition) is 1.